The number of methoxy groups -OCH3 is 1. The zero-order valence-corrected chi connectivity index (χ0v) is 22.0. The van der Waals surface area contributed by atoms with Crippen LogP contribution in [0, 0.1) is 5.92 Å². The van der Waals surface area contributed by atoms with Crippen LogP contribution in [0.5, 0.6) is 11.6 Å². The molecule has 198 valence electrons. The van der Waals surface area contributed by atoms with Gasteiger partial charge in [0.15, 0.2) is 0 Å². The van der Waals surface area contributed by atoms with E-state index < -0.39 is 17.9 Å². The number of rotatable bonds is 9. The van der Waals surface area contributed by atoms with Crippen LogP contribution < -0.4 is 10.1 Å². The Morgan fingerprint density at radius 1 is 1.11 bits per heavy atom. The van der Waals surface area contributed by atoms with Gasteiger partial charge in [-0.15, -0.1) is 0 Å². The van der Waals surface area contributed by atoms with Gasteiger partial charge in [0.2, 0.25) is 18.2 Å². The number of carbonyl (C=O) groups is 3. The molecule has 3 amide bonds. The number of amides is 3. The van der Waals surface area contributed by atoms with Crippen molar-refractivity contribution in [1.29, 1.82) is 0 Å². The molecule has 0 bridgehead atoms. The van der Waals surface area contributed by atoms with E-state index in [1.54, 1.807) is 73.8 Å². The van der Waals surface area contributed by atoms with Gasteiger partial charge >= 0.3 is 12.0 Å². The van der Waals surface area contributed by atoms with Crippen molar-refractivity contribution in [3.05, 3.63) is 83.5 Å². The number of halogens is 1. The highest BCUT2D eigenvalue weighted by Crippen LogP contribution is 2.23. The summed E-state index contributed by atoms with van der Waals surface area (Å²) in [5.41, 5.74) is 1.23. The zero-order valence-electron chi connectivity index (χ0n) is 21.2. The molecule has 0 fully saturated rings. The molecule has 0 aliphatic rings. The van der Waals surface area contributed by atoms with E-state index in [4.69, 9.17) is 21.1 Å². The first kappa shape index (κ1) is 28.1. The number of hydrogen-bond donors (Lipinski definition) is 1. The molecule has 0 saturated heterocycles. The lowest BCUT2D eigenvalue weighted by Gasteiger charge is -2.24. The molecular weight excluding hydrogens is 510 g/mol. The van der Waals surface area contributed by atoms with Crippen molar-refractivity contribution in [2.24, 2.45) is 10.9 Å². The molecule has 0 unspecified atom stereocenters. The van der Waals surface area contributed by atoms with Crippen molar-refractivity contribution in [2.75, 3.05) is 20.7 Å². The van der Waals surface area contributed by atoms with Crippen molar-refractivity contribution in [1.82, 2.24) is 20.1 Å². The summed E-state index contributed by atoms with van der Waals surface area (Å²) in [7, 11) is 2.82. The second kappa shape index (κ2) is 13.8. The molecule has 0 radical (unpaired) electrons. The summed E-state index contributed by atoms with van der Waals surface area (Å²) in [4.78, 5) is 48.0. The Kier molecular flexibility index (Phi) is 10.2. The van der Waals surface area contributed by atoms with Crippen LogP contribution in [0.4, 0.5) is 10.5 Å². The Morgan fingerprint density at radius 2 is 1.82 bits per heavy atom. The molecule has 11 heteroatoms. The molecule has 10 nitrogen and oxygen atoms in total. The molecule has 1 atom stereocenters. The molecule has 0 aliphatic carbocycles. The average Bonchev–Trinajstić information content (AvgIpc) is 2.93. The number of nitrogens with one attached hydrogen (secondary N) is 1. The van der Waals surface area contributed by atoms with Gasteiger partial charge < -0.3 is 14.4 Å². The van der Waals surface area contributed by atoms with Gasteiger partial charge in [0, 0.05) is 30.9 Å². The largest absolute Gasteiger partial charge is 0.469 e. The van der Waals surface area contributed by atoms with E-state index in [-0.39, 0.29) is 19.0 Å². The Balaban J connectivity index is 1.83. The van der Waals surface area contributed by atoms with Gasteiger partial charge in [-0.3, -0.25) is 19.8 Å². The van der Waals surface area contributed by atoms with Crippen molar-refractivity contribution in [3.63, 3.8) is 0 Å². The summed E-state index contributed by atoms with van der Waals surface area (Å²) < 4.78 is 10.4. The van der Waals surface area contributed by atoms with Gasteiger partial charge in [-0.2, -0.15) is 0 Å². The monoisotopic (exact) mass is 537 g/mol. The third-order valence-corrected chi connectivity index (χ3v) is 5.57. The first-order valence-corrected chi connectivity index (χ1v) is 12.0. The number of nitrogens with zero attached hydrogens (tertiary/aromatic N) is 4. The molecule has 0 saturated carbocycles. The van der Waals surface area contributed by atoms with Crippen LogP contribution >= 0.6 is 11.6 Å². The van der Waals surface area contributed by atoms with Crippen molar-refractivity contribution < 1.29 is 23.9 Å². The van der Waals surface area contributed by atoms with Crippen LogP contribution in [-0.4, -0.2) is 59.9 Å². The van der Waals surface area contributed by atoms with Gasteiger partial charge in [-0.25, -0.2) is 14.8 Å². The molecule has 3 rings (SSSR count). The van der Waals surface area contributed by atoms with Gasteiger partial charge in [-0.05, 0) is 48.0 Å². The van der Waals surface area contributed by atoms with Crippen LogP contribution in [0.2, 0.25) is 5.02 Å². The van der Waals surface area contributed by atoms with Crippen LogP contribution in [0.25, 0.3) is 0 Å². The Labute approximate surface area is 225 Å². The van der Waals surface area contributed by atoms with Gasteiger partial charge in [-0.1, -0.05) is 36.7 Å². The lowest BCUT2D eigenvalue weighted by Crippen LogP contribution is -2.49. The van der Waals surface area contributed by atoms with Crippen LogP contribution in [0.3, 0.4) is 0 Å². The molecule has 1 aromatic heterocycles. The number of aromatic nitrogens is 1. The predicted octanol–water partition coefficient (Wildman–Crippen LogP) is 4.62. The number of hydrogen-bond acceptors (Lipinski definition) is 7. The van der Waals surface area contributed by atoms with E-state index in [0.717, 1.165) is 5.56 Å². The summed E-state index contributed by atoms with van der Waals surface area (Å²) >= 11 is 5.98. The minimum absolute atomic E-state index is 0.00378. The maximum absolute atomic E-state index is 13.0. The number of benzene rings is 2. The summed E-state index contributed by atoms with van der Waals surface area (Å²) in [5, 5.41) is 3.24. The van der Waals surface area contributed by atoms with Crippen molar-refractivity contribution in [3.8, 4) is 11.6 Å². The zero-order chi connectivity index (χ0) is 27.5. The van der Waals surface area contributed by atoms with E-state index in [2.05, 4.69) is 15.3 Å². The Bertz CT molecular complexity index is 1250. The number of ether oxygens (including phenoxy) is 2. The molecule has 1 N–H and O–H groups in total. The third kappa shape index (κ3) is 8.31. The van der Waals surface area contributed by atoms with E-state index >= 15 is 0 Å². The number of guanidine groups is 1. The third-order valence-electron chi connectivity index (χ3n) is 5.31. The summed E-state index contributed by atoms with van der Waals surface area (Å²) in [6.45, 7) is 1.88. The van der Waals surface area contributed by atoms with E-state index in [9.17, 15) is 14.4 Å². The van der Waals surface area contributed by atoms with E-state index in [1.165, 1.54) is 24.0 Å². The second-order valence-electron chi connectivity index (χ2n) is 8.29. The van der Waals surface area contributed by atoms with Crippen molar-refractivity contribution >= 4 is 41.7 Å². The standard InChI is InChI=1S/C27H28ClN5O5/c1-19(25(35)37-3)16-32(2)27(36)31-26(33(18-34)17-20-7-9-21(28)10-8-20)30-22-11-13-23(14-12-22)38-24-6-4-5-15-29-24/h4-15,18-19H,16-17H2,1-3H3,(H,30,31,36)/t19-/m0/s1. The maximum atomic E-state index is 13.0. The number of carbonyl (C=O) groups excluding carboxylic acids is 3. The molecular formula is C27H28ClN5O5. The quantitative estimate of drug-likeness (QED) is 0.184. The summed E-state index contributed by atoms with van der Waals surface area (Å²) in [5.74, 6) is -0.00653. The van der Waals surface area contributed by atoms with E-state index in [0.29, 0.717) is 28.7 Å². The highest BCUT2D eigenvalue weighted by Gasteiger charge is 2.22. The maximum Gasteiger partial charge on any atom is 0.323 e. The highest BCUT2D eigenvalue weighted by molar-refractivity contribution is 6.30. The van der Waals surface area contributed by atoms with E-state index in [1.807, 2.05) is 6.07 Å². The lowest BCUT2D eigenvalue weighted by molar-refractivity contribution is -0.145. The van der Waals surface area contributed by atoms with Crippen LogP contribution in [0.15, 0.2) is 77.9 Å². The molecule has 0 aliphatic heterocycles. The number of pyridine rings is 1. The molecule has 1 heterocycles. The van der Waals surface area contributed by atoms with Crippen LogP contribution in [0.1, 0.15) is 12.5 Å². The fourth-order valence-electron chi connectivity index (χ4n) is 3.31. The molecule has 2 aromatic carbocycles. The number of esters is 1. The summed E-state index contributed by atoms with van der Waals surface area (Å²) in [6.07, 6.45) is 2.20. The minimum Gasteiger partial charge on any atom is -0.469 e. The highest BCUT2D eigenvalue weighted by atomic mass is 35.5. The predicted molar refractivity (Wildman–Crippen MR) is 143 cm³/mol. The Morgan fingerprint density at radius 3 is 2.42 bits per heavy atom. The normalized spacial score (nSPS) is 11.7. The number of urea groups is 1. The average molecular weight is 538 g/mol. The fourth-order valence-corrected chi connectivity index (χ4v) is 3.44. The first-order valence-electron chi connectivity index (χ1n) is 11.6. The SMILES string of the molecule is COC(=O)[C@@H](C)CN(C)C(=O)N/C(=N\c1ccc(Oc2ccccn2)cc1)N(C=O)Cc1ccc(Cl)cc1. The molecule has 3 aromatic rings. The summed E-state index contributed by atoms with van der Waals surface area (Å²) in [6, 6.07) is 18.5. The van der Waals surface area contributed by atoms with Gasteiger partial charge in [0.1, 0.15) is 5.75 Å². The Hall–Kier alpha value is -4.44. The second-order valence-corrected chi connectivity index (χ2v) is 8.73. The lowest BCUT2D eigenvalue weighted by atomic mass is 10.2. The topological polar surface area (TPSA) is 113 Å². The van der Waals surface area contributed by atoms with Crippen LogP contribution in [-0.2, 0) is 20.9 Å². The minimum atomic E-state index is -0.558. The fraction of sp³-hybridized carbons (Fsp3) is 0.222. The van der Waals surface area contributed by atoms with Gasteiger partial charge in [0.05, 0.1) is 25.3 Å². The molecule has 0 spiro atoms. The van der Waals surface area contributed by atoms with Crippen molar-refractivity contribution in [2.45, 2.75) is 13.5 Å². The first-order chi connectivity index (χ1) is 18.3. The molecule has 38 heavy (non-hydrogen) atoms. The smallest absolute Gasteiger partial charge is 0.323 e. The number of aliphatic imine (C=N–C) groups is 1. The van der Waals surface area contributed by atoms with Gasteiger partial charge in [0.25, 0.3) is 0 Å².